The molecule has 1 N–H and O–H groups in total. The van der Waals surface area contributed by atoms with Crippen LogP contribution in [0, 0.1) is 12.8 Å². The molecular formula is C18H33N3O2. The summed E-state index contributed by atoms with van der Waals surface area (Å²) >= 11 is 0. The Balaban J connectivity index is 2.63. The lowest BCUT2D eigenvalue weighted by atomic mass is 10.2. The molecule has 0 spiro atoms. The molecule has 1 rings (SSSR count). The minimum Gasteiger partial charge on any atom is -0.464 e. The fourth-order valence-electron chi connectivity index (χ4n) is 2.55. The third kappa shape index (κ3) is 6.65. The first kappa shape index (κ1) is 19.6. The van der Waals surface area contributed by atoms with Crippen LogP contribution >= 0.6 is 0 Å². The minimum absolute atomic E-state index is 0.0209. The average molecular weight is 323 g/mol. The second-order valence-electron chi connectivity index (χ2n) is 6.49. The van der Waals surface area contributed by atoms with Gasteiger partial charge in [0.15, 0.2) is 0 Å². The molecule has 0 aliphatic rings. The van der Waals surface area contributed by atoms with Gasteiger partial charge in [0.05, 0.1) is 6.04 Å². The van der Waals surface area contributed by atoms with Gasteiger partial charge in [-0.15, -0.1) is 0 Å². The number of nitrogens with zero attached hydrogens (tertiary/aromatic N) is 2. The van der Waals surface area contributed by atoms with Crippen LogP contribution in [0.5, 0.6) is 0 Å². The van der Waals surface area contributed by atoms with Gasteiger partial charge in [-0.1, -0.05) is 27.7 Å². The van der Waals surface area contributed by atoms with Gasteiger partial charge in [-0.3, -0.25) is 0 Å². The van der Waals surface area contributed by atoms with E-state index in [-0.39, 0.29) is 12.1 Å². The predicted molar refractivity (Wildman–Crippen MR) is 94.6 cm³/mol. The molecule has 0 bridgehead atoms. The summed E-state index contributed by atoms with van der Waals surface area (Å²) in [5.74, 6) is 2.10. The molecule has 0 aliphatic heterocycles. The lowest BCUT2D eigenvalue weighted by Gasteiger charge is -2.29. The van der Waals surface area contributed by atoms with E-state index in [1.54, 1.807) is 0 Å². The Morgan fingerprint density at radius 2 is 1.83 bits per heavy atom. The van der Waals surface area contributed by atoms with Gasteiger partial charge in [-0.25, -0.2) is 4.79 Å². The largest absolute Gasteiger partial charge is 0.464 e. The normalized spacial score (nSPS) is 12.7. The van der Waals surface area contributed by atoms with E-state index >= 15 is 0 Å². The Labute approximate surface area is 141 Å². The van der Waals surface area contributed by atoms with E-state index in [0.29, 0.717) is 5.92 Å². The maximum Gasteiger partial charge on any atom is 0.318 e. The standard InChI is InChI=1S/C18H33N3O2/c1-7-20(8-2)11-12-21(13-14(3)4)18(22)19-16(6)17-10-9-15(5)23-17/h9-10,14,16H,7-8,11-13H2,1-6H3,(H,19,22). The smallest absolute Gasteiger partial charge is 0.318 e. The summed E-state index contributed by atoms with van der Waals surface area (Å²) in [6.45, 7) is 16.9. The zero-order valence-corrected chi connectivity index (χ0v) is 15.6. The highest BCUT2D eigenvalue weighted by molar-refractivity contribution is 5.74. The minimum atomic E-state index is -0.126. The fraction of sp³-hybridized carbons (Fsp3) is 0.722. The van der Waals surface area contributed by atoms with Crippen LogP contribution in [0.25, 0.3) is 0 Å². The van der Waals surface area contributed by atoms with Crippen LogP contribution in [0.15, 0.2) is 16.5 Å². The lowest BCUT2D eigenvalue weighted by molar-refractivity contribution is 0.173. The van der Waals surface area contributed by atoms with E-state index in [1.165, 1.54) is 0 Å². The number of hydrogen-bond donors (Lipinski definition) is 1. The number of carbonyl (C=O) groups excluding carboxylic acids is 1. The van der Waals surface area contributed by atoms with Crippen molar-refractivity contribution in [2.24, 2.45) is 5.92 Å². The van der Waals surface area contributed by atoms with Crippen molar-refractivity contribution < 1.29 is 9.21 Å². The Morgan fingerprint density at radius 1 is 1.17 bits per heavy atom. The fourth-order valence-corrected chi connectivity index (χ4v) is 2.55. The van der Waals surface area contributed by atoms with Gasteiger partial charge in [-0.05, 0) is 45.0 Å². The molecule has 0 saturated carbocycles. The van der Waals surface area contributed by atoms with Crippen LogP contribution < -0.4 is 5.32 Å². The van der Waals surface area contributed by atoms with Gasteiger partial charge in [0.25, 0.3) is 0 Å². The molecule has 0 saturated heterocycles. The van der Waals surface area contributed by atoms with Gasteiger partial charge in [0.2, 0.25) is 0 Å². The Bertz CT molecular complexity index is 467. The SMILES string of the molecule is CCN(CC)CCN(CC(C)C)C(=O)NC(C)c1ccc(C)o1. The molecule has 2 amide bonds. The van der Waals surface area contributed by atoms with Crippen molar-refractivity contribution in [1.82, 2.24) is 15.1 Å². The van der Waals surface area contributed by atoms with Crippen molar-refractivity contribution in [3.8, 4) is 0 Å². The van der Waals surface area contributed by atoms with E-state index < -0.39 is 0 Å². The molecule has 0 aliphatic carbocycles. The summed E-state index contributed by atoms with van der Waals surface area (Å²) in [5, 5.41) is 3.05. The quantitative estimate of drug-likeness (QED) is 0.754. The van der Waals surface area contributed by atoms with Crippen molar-refractivity contribution in [3.63, 3.8) is 0 Å². The second-order valence-corrected chi connectivity index (χ2v) is 6.49. The summed E-state index contributed by atoms with van der Waals surface area (Å²) in [5.41, 5.74) is 0. The molecule has 23 heavy (non-hydrogen) atoms. The van der Waals surface area contributed by atoms with E-state index in [9.17, 15) is 4.79 Å². The Kier molecular flexibility index (Phi) is 8.17. The predicted octanol–water partition coefficient (Wildman–Crippen LogP) is 3.66. The number of hydrogen-bond acceptors (Lipinski definition) is 3. The Hall–Kier alpha value is -1.49. The molecule has 1 aromatic heterocycles. The summed E-state index contributed by atoms with van der Waals surface area (Å²) in [4.78, 5) is 16.9. The molecule has 1 aromatic rings. The van der Waals surface area contributed by atoms with Crippen molar-refractivity contribution in [1.29, 1.82) is 0 Å². The van der Waals surface area contributed by atoms with E-state index in [4.69, 9.17) is 4.42 Å². The molecule has 0 radical (unpaired) electrons. The zero-order chi connectivity index (χ0) is 17.4. The second kappa shape index (κ2) is 9.60. The molecule has 0 aromatic carbocycles. The van der Waals surface area contributed by atoms with Gasteiger partial charge >= 0.3 is 6.03 Å². The number of urea groups is 1. The molecule has 5 heteroatoms. The van der Waals surface area contributed by atoms with Crippen LogP contribution in [0.2, 0.25) is 0 Å². The number of likely N-dealkylation sites (N-methyl/N-ethyl adjacent to an activating group) is 1. The summed E-state index contributed by atoms with van der Waals surface area (Å²) in [6, 6.07) is 3.69. The third-order valence-corrected chi connectivity index (χ3v) is 3.98. The first-order valence-electron chi connectivity index (χ1n) is 8.71. The van der Waals surface area contributed by atoms with Crippen molar-refractivity contribution in [3.05, 3.63) is 23.7 Å². The molecule has 0 fully saturated rings. The highest BCUT2D eigenvalue weighted by atomic mass is 16.3. The van der Waals surface area contributed by atoms with Crippen LogP contribution in [0.4, 0.5) is 4.79 Å². The highest BCUT2D eigenvalue weighted by Gasteiger charge is 2.19. The monoisotopic (exact) mass is 323 g/mol. The first-order valence-corrected chi connectivity index (χ1v) is 8.71. The van der Waals surface area contributed by atoms with E-state index in [1.807, 2.05) is 30.9 Å². The van der Waals surface area contributed by atoms with Crippen molar-refractivity contribution in [2.45, 2.75) is 47.6 Å². The van der Waals surface area contributed by atoms with Crippen molar-refractivity contribution >= 4 is 6.03 Å². The van der Waals surface area contributed by atoms with Gasteiger partial charge in [-0.2, -0.15) is 0 Å². The summed E-state index contributed by atoms with van der Waals surface area (Å²) in [6.07, 6.45) is 0. The molecule has 5 nitrogen and oxygen atoms in total. The maximum atomic E-state index is 12.6. The third-order valence-electron chi connectivity index (χ3n) is 3.98. The van der Waals surface area contributed by atoms with Gasteiger partial charge < -0.3 is 19.5 Å². The summed E-state index contributed by atoms with van der Waals surface area (Å²) < 4.78 is 5.60. The molecule has 132 valence electrons. The number of amides is 2. The molecule has 1 unspecified atom stereocenters. The number of aryl methyl sites for hydroxylation is 1. The van der Waals surface area contributed by atoms with Crippen molar-refractivity contribution in [2.75, 3.05) is 32.7 Å². The highest BCUT2D eigenvalue weighted by Crippen LogP contribution is 2.16. The molecular weight excluding hydrogens is 290 g/mol. The van der Waals surface area contributed by atoms with Crippen LogP contribution in [0.3, 0.4) is 0 Å². The first-order chi connectivity index (χ1) is 10.9. The van der Waals surface area contributed by atoms with Gasteiger partial charge in [0, 0.05) is 19.6 Å². The lowest BCUT2D eigenvalue weighted by Crippen LogP contribution is -2.46. The topological polar surface area (TPSA) is 48.7 Å². The number of nitrogens with one attached hydrogen (secondary N) is 1. The maximum absolute atomic E-state index is 12.6. The van der Waals surface area contributed by atoms with Crippen LogP contribution in [-0.2, 0) is 0 Å². The van der Waals surface area contributed by atoms with Crippen LogP contribution in [-0.4, -0.2) is 48.6 Å². The van der Waals surface area contributed by atoms with Crippen LogP contribution in [0.1, 0.15) is 52.2 Å². The Morgan fingerprint density at radius 3 is 2.30 bits per heavy atom. The molecule has 1 atom stereocenters. The van der Waals surface area contributed by atoms with E-state index in [2.05, 4.69) is 37.9 Å². The number of rotatable bonds is 9. The summed E-state index contributed by atoms with van der Waals surface area (Å²) in [7, 11) is 0. The number of furan rings is 1. The zero-order valence-electron chi connectivity index (χ0n) is 15.6. The number of carbonyl (C=O) groups is 1. The molecule has 1 heterocycles. The average Bonchev–Trinajstić information content (AvgIpc) is 2.93. The van der Waals surface area contributed by atoms with Gasteiger partial charge in [0.1, 0.15) is 11.5 Å². The van der Waals surface area contributed by atoms with E-state index in [0.717, 1.165) is 44.2 Å².